The Morgan fingerprint density at radius 1 is 0.882 bits per heavy atom. The minimum atomic E-state index is -0.854. The van der Waals surface area contributed by atoms with Gasteiger partial charge in [0.15, 0.2) is 0 Å². The van der Waals surface area contributed by atoms with Crippen LogP contribution in [0.25, 0.3) is 0 Å². The standard InChI is InChI=1S/C28H34N2O4/c1-18-7-8-23(9-19(18)2)16-30-28(34)12-22-6-4-5-21(11-22)10-20(3)29-17-27(33)24-13-25(31)15-26(32)14-24/h4-9,11,13-15,20,27,29,31-33H,10,12,16-17H2,1-3H3,(H,30,34). The fourth-order valence-electron chi connectivity index (χ4n) is 3.90. The first kappa shape index (κ1) is 25.3. The number of hydrogen-bond donors (Lipinski definition) is 5. The molecule has 0 fully saturated rings. The number of aliphatic hydroxyl groups excluding tert-OH is 1. The van der Waals surface area contributed by atoms with Gasteiger partial charge in [-0.25, -0.2) is 0 Å². The quantitative estimate of drug-likeness (QED) is 0.315. The SMILES string of the molecule is Cc1ccc(CNC(=O)Cc2cccc(CC(C)NCC(O)c3cc(O)cc(O)c3)c2)cc1C. The summed E-state index contributed by atoms with van der Waals surface area (Å²) in [6.45, 7) is 6.96. The van der Waals surface area contributed by atoms with E-state index < -0.39 is 6.10 Å². The zero-order valence-corrected chi connectivity index (χ0v) is 20.0. The van der Waals surface area contributed by atoms with Crippen LogP contribution >= 0.6 is 0 Å². The van der Waals surface area contributed by atoms with Crippen LogP contribution in [0.1, 0.15) is 46.4 Å². The summed E-state index contributed by atoms with van der Waals surface area (Å²) in [5.41, 5.74) is 6.05. The normalized spacial score (nSPS) is 12.8. The van der Waals surface area contributed by atoms with Crippen LogP contribution in [0.15, 0.2) is 60.7 Å². The fraction of sp³-hybridized carbons (Fsp3) is 0.321. The van der Waals surface area contributed by atoms with Crippen molar-refractivity contribution >= 4 is 5.91 Å². The van der Waals surface area contributed by atoms with E-state index in [4.69, 9.17) is 0 Å². The summed E-state index contributed by atoms with van der Waals surface area (Å²) in [5, 5.41) is 35.8. The van der Waals surface area contributed by atoms with Gasteiger partial charge in [-0.2, -0.15) is 0 Å². The smallest absolute Gasteiger partial charge is 0.224 e. The highest BCUT2D eigenvalue weighted by Crippen LogP contribution is 2.24. The average Bonchev–Trinajstić information content (AvgIpc) is 2.78. The van der Waals surface area contributed by atoms with E-state index in [2.05, 4.69) is 36.6 Å². The molecule has 0 saturated carbocycles. The lowest BCUT2D eigenvalue weighted by Gasteiger charge is -2.18. The first-order valence-corrected chi connectivity index (χ1v) is 11.5. The highest BCUT2D eigenvalue weighted by atomic mass is 16.3. The Morgan fingerprint density at radius 3 is 2.29 bits per heavy atom. The molecule has 5 N–H and O–H groups in total. The van der Waals surface area contributed by atoms with Gasteiger partial charge >= 0.3 is 0 Å². The van der Waals surface area contributed by atoms with Gasteiger partial charge < -0.3 is 26.0 Å². The molecule has 6 heteroatoms. The number of hydrogen-bond acceptors (Lipinski definition) is 5. The molecule has 0 spiro atoms. The molecular formula is C28H34N2O4. The number of carbonyl (C=O) groups excluding carboxylic acids is 1. The Hall–Kier alpha value is -3.35. The summed E-state index contributed by atoms with van der Waals surface area (Å²) in [7, 11) is 0. The molecule has 0 aromatic heterocycles. The van der Waals surface area contributed by atoms with Gasteiger partial charge in [0.1, 0.15) is 11.5 Å². The number of benzene rings is 3. The monoisotopic (exact) mass is 462 g/mol. The highest BCUT2D eigenvalue weighted by Gasteiger charge is 2.13. The molecule has 3 rings (SSSR count). The van der Waals surface area contributed by atoms with Crippen molar-refractivity contribution in [2.24, 2.45) is 0 Å². The first-order chi connectivity index (χ1) is 16.2. The number of aromatic hydroxyl groups is 2. The highest BCUT2D eigenvalue weighted by molar-refractivity contribution is 5.78. The third kappa shape index (κ3) is 7.61. The lowest BCUT2D eigenvalue weighted by Crippen LogP contribution is -2.32. The number of rotatable bonds is 10. The number of phenols is 2. The minimum Gasteiger partial charge on any atom is -0.508 e. The second-order valence-corrected chi connectivity index (χ2v) is 9.00. The van der Waals surface area contributed by atoms with Crippen LogP contribution in [0.3, 0.4) is 0 Å². The van der Waals surface area contributed by atoms with Gasteiger partial charge in [0, 0.05) is 25.2 Å². The number of aliphatic hydroxyl groups is 1. The summed E-state index contributed by atoms with van der Waals surface area (Å²) in [5.74, 6) is -0.187. The maximum atomic E-state index is 12.4. The molecule has 0 bridgehead atoms. The van der Waals surface area contributed by atoms with E-state index in [-0.39, 0.29) is 30.0 Å². The van der Waals surface area contributed by atoms with E-state index in [9.17, 15) is 20.1 Å². The lowest BCUT2D eigenvalue weighted by molar-refractivity contribution is -0.120. The van der Waals surface area contributed by atoms with E-state index >= 15 is 0 Å². The van der Waals surface area contributed by atoms with Crippen LogP contribution < -0.4 is 10.6 Å². The van der Waals surface area contributed by atoms with Crippen LogP contribution in [0.4, 0.5) is 0 Å². The zero-order valence-electron chi connectivity index (χ0n) is 20.0. The van der Waals surface area contributed by atoms with E-state index in [0.717, 1.165) is 23.1 Å². The Kier molecular flexibility index (Phi) is 8.68. The van der Waals surface area contributed by atoms with E-state index in [1.165, 1.54) is 29.3 Å². The summed E-state index contributed by atoms with van der Waals surface area (Å²) >= 11 is 0. The second-order valence-electron chi connectivity index (χ2n) is 9.00. The number of aryl methyl sites for hydroxylation is 2. The molecule has 180 valence electrons. The third-order valence-corrected chi connectivity index (χ3v) is 5.93. The second kappa shape index (κ2) is 11.7. The molecule has 1 amide bonds. The third-order valence-electron chi connectivity index (χ3n) is 5.93. The Morgan fingerprint density at radius 2 is 1.59 bits per heavy atom. The minimum absolute atomic E-state index is 0.0148. The molecule has 0 aliphatic carbocycles. The van der Waals surface area contributed by atoms with Crippen LogP contribution in [0, 0.1) is 13.8 Å². The number of nitrogens with one attached hydrogen (secondary N) is 2. The topological polar surface area (TPSA) is 102 Å². The molecule has 0 radical (unpaired) electrons. The molecule has 0 saturated heterocycles. The predicted molar refractivity (Wildman–Crippen MR) is 134 cm³/mol. The maximum absolute atomic E-state index is 12.4. The van der Waals surface area contributed by atoms with Gasteiger partial charge in [-0.3, -0.25) is 4.79 Å². The zero-order chi connectivity index (χ0) is 24.7. The number of phenolic OH excluding ortho intramolecular Hbond substituents is 2. The largest absolute Gasteiger partial charge is 0.508 e. The molecule has 0 aliphatic rings. The summed E-state index contributed by atoms with van der Waals surface area (Å²) in [6, 6.07) is 18.4. The molecule has 2 unspecified atom stereocenters. The van der Waals surface area contributed by atoms with Crippen LogP contribution in [0.5, 0.6) is 11.5 Å². The van der Waals surface area contributed by atoms with Crippen LogP contribution in [-0.4, -0.2) is 33.8 Å². The molecule has 2 atom stereocenters. The Bertz CT molecular complexity index is 1110. The van der Waals surface area contributed by atoms with Crippen molar-refractivity contribution in [2.75, 3.05) is 6.54 Å². The van der Waals surface area contributed by atoms with Gasteiger partial charge in [-0.1, -0.05) is 42.5 Å². The summed E-state index contributed by atoms with van der Waals surface area (Å²) < 4.78 is 0. The molecule has 34 heavy (non-hydrogen) atoms. The van der Waals surface area contributed by atoms with Crippen molar-refractivity contribution in [3.05, 3.63) is 94.0 Å². The Labute approximate surface area is 201 Å². The molecule has 6 nitrogen and oxygen atoms in total. The molecule has 0 aliphatic heterocycles. The van der Waals surface area contributed by atoms with Crippen molar-refractivity contribution in [1.82, 2.24) is 10.6 Å². The predicted octanol–water partition coefficient (Wildman–Crippen LogP) is 3.83. The van der Waals surface area contributed by atoms with E-state index in [1.54, 1.807) is 0 Å². The number of amides is 1. The van der Waals surface area contributed by atoms with E-state index in [1.807, 2.05) is 37.3 Å². The first-order valence-electron chi connectivity index (χ1n) is 11.5. The van der Waals surface area contributed by atoms with Gasteiger partial charge in [0.25, 0.3) is 0 Å². The van der Waals surface area contributed by atoms with Crippen molar-refractivity contribution < 1.29 is 20.1 Å². The van der Waals surface area contributed by atoms with Crippen molar-refractivity contribution in [3.8, 4) is 11.5 Å². The average molecular weight is 463 g/mol. The number of carbonyl (C=O) groups is 1. The maximum Gasteiger partial charge on any atom is 0.224 e. The van der Waals surface area contributed by atoms with Gasteiger partial charge in [0.2, 0.25) is 5.91 Å². The Balaban J connectivity index is 1.48. The van der Waals surface area contributed by atoms with Crippen molar-refractivity contribution in [2.45, 2.75) is 52.3 Å². The summed E-state index contributed by atoms with van der Waals surface area (Å²) in [4.78, 5) is 12.4. The van der Waals surface area contributed by atoms with Crippen LogP contribution in [0.2, 0.25) is 0 Å². The summed E-state index contributed by atoms with van der Waals surface area (Å²) in [6.07, 6.45) is 0.198. The van der Waals surface area contributed by atoms with Gasteiger partial charge in [-0.15, -0.1) is 0 Å². The van der Waals surface area contributed by atoms with Gasteiger partial charge in [-0.05, 0) is 72.7 Å². The molecule has 3 aromatic carbocycles. The molecule has 3 aromatic rings. The van der Waals surface area contributed by atoms with Crippen molar-refractivity contribution in [3.63, 3.8) is 0 Å². The molecular weight excluding hydrogens is 428 g/mol. The van der Waals surface area contributed by atoms with Gasteiger partial charge in [0.05, 0.1) is 12.5 Å². The fourth-order valence-corrected chi connectivity index (χ4v) is 3.90. The van der Waals surface area contributed by atoms with Crippen molar-refractivity contribution in [1.29, 1.82) is 0 Å². The lowest BCUT2D eigenvalue weighted by atomic mass is 10.0. The molecule has 0 heterocycles. The van der Waals surface area contributed by atoms with E-state index in [0.29, 0.717) is 18.5 Å². The van der Waals surface area contributed by atoms with Crippen LogP contribution in [-0.2, 0) is 24.2 Å².